The van der Waals surface area contributed by atoms with Gasteiger partial charge in [0, 0.05) is 36.0 Å². The van der Waals surface area contributed by atoms with E-state index in [1.165, 1.54) is 0 Å². The molecule has 2 aromatic carbocycles. The number of hydrogen-bond acceptors (Lipinski definition) is 4. The number of anilines is 2. The predicted molar refractivity (Wildman–Crippen MR) is 106 cm³/mol. The molecule has 2 heterocycles. The van der Waals surface area contributed by atoms with Crippen molar-refractivity contribution in [3.8, 4) is 11.3 Å². The lowest BCUT2D eigenvalue weighted by molar-refractivity contribution is 0.0963. The number of carbonyl (C=O) groups is 1. The van der Waals surface area contributed by atoms with Crippen LogP contribution in [0.25, 0.3) is 16.9 Å². The summed E-state index contributed by atoms with van der Waals surface area (Å²) >= 11 is 0. The Hall–Kier alpha value is -3.67. The number of nitrogens with one attached hydrogen (secondary N) is 2. The fourth-order valence-electron chi connectivity index (χ4n) is 2.93. The van der Waals surface area contributed by atoms with E-state index in [1.807, 2.05) is 61.5 Å². The first-order valence-electron chi connectivity index (χ1n) is 8.66. The molecule has 2 N–H and O–H groups in total. The number of benzene rings is 2. The normalized spacial score (nSPS) is 10.7. The third-order valence-corrected chi connectivity index (χ3v) is 4.27. The molecule has 0 aliphatic heterocycles. The highest BCUT2D eigenvalue weighted by molar-refractivity contribution is 5.94. The summed E-state index contributed by atoms with van der Waals surface area (Å²) in [5.41, 5.74) is 5.05. The summed E-state index contributed by atoms with van der Waals surface area (Å²) in [6.45, 7) is 1.94. The SMILES string of the molecule is CNC(=O)c1ccc(Nc2cc(-c3ccccc3)nc3cc(C)nn23)cc1. The maximum Gasteiger partial charge on any atom is 0.251 e. The molecular formula is C21H19N5O. The Morgan fingerprint density at radius 1 is 1.00 bits per heavy atom. The van der Waals surface area contributed by atoms with Gasteiger partial charge in [0.05, 0.1) is 11.4 Å². The number of fused-ring (bicyclic) bond motifs is 1. The van der Waals surface area contributed by atoms with Crippen LogP contribution >= 0.6 is 0 Å². The van der Waals surface area contributed by atoms with Crippen LogP contribution in [0.3, 0.4) is 0 Å². The van der Waals surface area contributed by atoms with Gasteiger partial charge in [0.1, 0.15) is 5.82 Å². The zero-order valence-corrected chi connectivity index (χ0v) is 15.1. The first-order valence-corrected chi connectivity index (χ1v) is 8.66. The summed E-state index contributed by atoms with van der Waals surface area (Å²) in [6, 6.07) is 21.3. The topological polar surface area (TPSA) is 71.3 Å². The van der Waals surface area contributed by atoms with Crippen molar-refractivity contribution in [3.63, 3.8) is 0 Å². The van der Waals surface area contributed by atoms with Crippen molar-refractivity contribution in [2.45, 2.75) is 6.92 Å². The first-order chi connectivity index (χ1) is 13.1. The second kappa shape index (κ2) is 6.92. The van der Waals surface area contributed by atoms with Crippen LogP contribution < -0.4 is 10.6 Å². The number of nitrogens with zero attached hydrogens (tertiary/aromatic N) is 3. The molecule has 0 aliphatic rings. The van der Waals surface area contributed by atoms with Crippen LogP contribution in [-0.2, 0) is 0 Å². The maximum absolute atomic E-state index is 11.7. The Morgan fingerprint density at radius 3 is 2.44 bits per heavy atom. The van der Waals surface area contributed by atoms with Crippen LogP contribution in [0.2, 0.25) is 0 Å². The van der Waals surface area contributed by atoms with Gasteiger partial charge in [0.2, 0.25) is 0 Å². The zero-order valence-electron chi connectivity index (χ0n) is 15.1. The summed E-state index contributed by atoms with van der Waals surface area (Å²) in [5.74, 6) is 0.696. The van der Waals surface area contributed by atoms with Crippen molar-refractivity contribution in [1.29, 1.82) is 0 Å². The largest absolute Gasteiger partial charge is 0.355 e. The lowest BCUT2D eigenvalue weighted by Crippen LogP contribution is -2.17. The smallest absolute Gasteiger partial charge is 0.251 e. The van der Waals surface area contributed by atoms with Gasteiger partial charge in [-0.3, -0.25) is 4.79 Å². The summed E-state index contributed by atoms with van der Waals surface area (Å²) in [6.07, 6.45) is 0. The zero-order chi connectivity index (χ0) is 18.8. The van der Waals surface area contributed by atoms with E-state index in [-0.39, 0.29) is 5.91 Å². The van der Waals surface area contributed by atoms with E-state index in [4.69, 9.17) is 4.98 Å². The molecule has 0 bridgehead atoms. The van der Waals surface area contributed by atoms with Crippen molar-refractivity contribution in [2.75, 3.05) is 12.4 Å². The molecule has 2 aromatic heterocycles. The number of hydrogen-bond donors (Lipinski definition) is 2. The van der Waals surface area contributed by atoms with Gasteiger partial charge in [-0.05, 0) is 31.2 Å². The second-order valence-electron chi connectivity index (χ2n) is 6.23. The van der Waals surface area contributed by atoms with E-state index in [1.54, 1.807) is 23.7 Å². The third-order valence-electron chi connectivity index (χ3n) is 4.27. The molecule has 6 nitrogen and oxygen atoms in total. The first kappa shape index (κ1) is 16.8. The Balaban J connectivity index is 1.75. The lowest BCUT2D eigenvalue weighted by atomic mass is 10.1. The van der Waals surface area contributed by atoms with Crippen LogP contribution in [0.4, 0.5) is 11.5 Å². The van der Waals surface area contributed by atoms with Crippen LogP contribution in [-0.4, -0.2) is 27.6 Å². The number of carbonyl (C=O) groups excluding carboxylic acids is 1. The highest BCUT2D eigenvalue weighted by Crippen LogP contribution is 2.25. The summed E-state index contributed by atoms with van der Waals surface area (Å²) in [4.78, 5) is 16.4. The van der Waals surface area contributed by atoms with Crippen molar-refractivity contribution < 1.29 is 4.79 Å². The van der Waals surface area contributed by atoms with Crippen molar-refractivity contribution in [2.24, 2.45) is 0 Å². The third kappa shape index (κ3) is 3.37. The average Bonchev–Trinajstić information content (AvgIpc) is 3.09. The van der Waals surface area contributed by atoms with Gasteiger partial charge >= 0.3 is 0 Å². The molecule has 134 valence electrons. The van der Waals surface area contributed by atoms with Crippen LogP contribution in [0, 0.1) is 6.92 Å². The average molecular weight is 357 g/mol. The van der Waals surface area contributed by atoms with Crippen molar-refractivity contribution in [1.82, 2.24) is 19.9 Å². The molecular weight excluding hydrogens is 338 g/mol. The highest BCUT2D eigenvalue weighted by Gasteiger charge is 2.10. The minimum Gasteiger partial charge on any atom is -0.355 e. The fourth-order valence-corrected chi connectivity index (χ4v) is 2.93. The summed E-state index contributed by atoms with van der Waals surface area (Å²) in [7, 11) is 1.62. The van der Waals surface area contributed by atoms with Crippen LogP contribution in [0.5, 0.6) is 0 Å². The molecule has 0 radical (unpaired) electrons. The maximum atomic E-state index is 11.7. The van der Waals surface area contributed by atoms with Gasteiger partial charge in [-0.1, -0.05) is 30.3 Å². The monoisotopic (exact) mass is 357 g/mol. The minimum atomic E-state index is -0.109. The van der Waals surface area contributed by atoms with E-state index in [0.29, 0.717) is 5.56 Å². The molecule has 0 atom stereocenters. The van der Waals surface area contributed by atoms with Crippen molar-refractivity contribution in [3.05, 3.63) is 78.0 Å². The minimum absolute atomic E-state index is 0.109. The van der Waals surface area contributed by atoms with E-state index in [0.717, 1.165) is 34.1 Å². The lowest BCUT2D eigenvalue weighted by Gasteiger charge is -2.11. The van der Waals surface area contributed by atoms with E-state index in [2.05, 4.69) is 15.7 Å². The number of aromatic nitrogens is 3. The second-order valence-corrected chi connectivity index (χ2v) is 6.23. The van der Waals surface area contributed by atoms with Gasteiger partial charge in [-0.2, -0.15) is 9.61 Å². The molecule has 4 aromatic rings. The molecule has 0 spiro atoms. The van der Waals surface area contributed by atoms with E-state index in [9.17, 15) is 4.79 Å². The Bertz CT molecular complexity index is 1100. The molecule has 4 rings (SSSR count). The predicted octanol–water partition coefficient (Wildman–Crippen LogP) is 3.81. The highest BCUT2D eigenvalue weighted by atomic mass is 16.1. The molecule has 0 aliphatic carbocycles. The Labute approximate surface area is 156 Å². The molecule has 0 saturated heterocycles. The van der Waals surface area contributed by atoms with Crippen LogP contribution in [0.1, 0.15) is 16.1 Å². The molecule has 27 heavy (non-hydrogen) atoms. The van der Waals surface area contributed by atoms with E-state index >= 15 is 0 Å². The van der Waals surface area contributed by atoms with Crippen LogP contribution in [0.15, 0.2) is 66.7 Å². The van der Waals surface area contributed by atoms with Crippen molar-refractivity contribution >= 4 is 23.1 Å². The molecule has 1 amide bonds. The summed E-state index contributed by atoms with van der Waals surface area (Å²) in [5, 5.41) is 10.5. The summed E-state index contributed by atoms with van der Waals surface area (Å²) < 4.78 is 1.79. The van der Waals surface area contributed by atoms with Gasteiger partial charge in [-0.15, -0.1) is 0 Å². The molecule has 6 heteroatoms. The quantitative estimate of drug-likeness (QED) is 0.583. The van der Waals surface area contributed by atoms with E-state index < -0.39 is 0 Å². The Kier molecular flexibility index (Phi) is 4.30. The standard InChI is InChI=1S/C21H19N5O/c1-14-12-19-24-18(15-6-4-3-5-7-15)13-20(26(19)25-14)23-17-10-8-16(9-11-17)21(27)22-2/h3-13,23H,1-2H3,(H,22,27). The fraction of sp³-hybridized carbons (Fsp3) is 0.0952. The van der Waals surface area contributed by atoms with Gasteiger partial charge in [-0.25, -0.2) is 4.98 Å². The van der Waals surface area contributed by atoms with Gasteiger partial charge in [0.25, 0.3) is 5.91 Å². The molecule has 0 saturated carbocycles. The van der Waals surface area contributed by atoms with Gasteiger partial charge in [0.15, 0.2) is 5.65 Å². The molecule has 0 fully saturated rings. The number of rotatable bonds is 4. The Morgan fingerprint density at radius 2 is 1.74 bits per heavy atom. The van der Waals surface area contributed by atoms with Gasteiger partial charge < -0.3 is 10.6 Å². The number of amides is 1. The molecule has 0 unspecified atom stereocenters. The number of aryl methyl sites for hydroxylation is 1.